The lowest BCUT2D eigenvalue weighted by atomic mass is 9.93. The Labute approximate surface area is 147 Å². The molecule has 25 heavy (non-hydrogen) atoms. The van der Waals surface area contributed by atoms with Crippen LogP contribution >= 0.6 is 0 Å². The highest BCUT2D eigenvalue weighted by molar-refractivity contribution is 5.89. The molecule has 1 aliphatic rings. The lowest BCUT2D eigenvalue weighted by molar-refractivity contribution is 0.141. The number of hydrogen-bond donors (Lipinski definition) is 2. The van der Waals surface area contributed by atoms with E-state index in [1.165, 1.54) is 12.1 Å². The smallest absolute Gasteiger partial charge is 0.319 e. The average Bonchev–Trinajstić information content (AvgIpc) is 2.59. The number of aryl methyl sites for hydroxylation is 1. The molecule has 0 aliphatic heterocycles. The number of hydrogen-bond acceptors (Lipinski definition) is 2. The molecule has 0 radical (unpaired) electrons. The van der Waals surface area contributed by atoms with Crippen LogP contribution in [0.4, 0.5) is 14.9 Å². The molecule has 0 bridgehead atoms. The summed E-state index contributed by atoms with van der Waals surface area (Å²) in [5.41, 5.74) is 1.90. The van der Waals surface area contributed by atoms with E-state index >= 15 is 0 Å². The molecule has 5 heteroatoms. The number of amides is 2. The lowest BCUT2D eigenvalue weighted by Gasteiger charge is -2.29. The van der Waals surface area contributed by atoms with E-state index < -0.39 is 0 Å². The minimum absolute atomic E-state index is 0.114. The molecule has 0 spiro atoms. The van der Waals surface area contributed by atoms with E-state index in [1.54, 1.807) is 12.1 Å². The number of halogens is 1. The second-order valence-electron chi connectivity index (χ2n) is 6.51. The van der Waals surface area contributed by atoms with Crippen molar-refractivity contribution in [2.75, 3.05) is 5.32 Å². The van der Waals surface area contributed by atoms with Crippen molar-refractivity contribution in [3.05, 3.63) is 59.9 Å². The van der Waals surface area contributed by atoms with Gasteiger partial charge >= 0.3 is 6.03 Å². The van der Waals surface area contributed by atoms with Crippen molar-refractivity contribution in [1.82, 2.24) is 5.32 Å². The van der Waals surface area contributed by atoms with Crippen LogP contribution in [0.25, 0.3) is 0 Å². The van der Waals surface area contributed by atoms with Gasteiger partial charge in [-0.3, -0.25) is 0 Å². The second-order valence-corrected chi connectivity index (χ2v) is 6.51. The van der Waals surface area contributed by atoms with Gasteiger partial charge in [-0.2, -0.15) is 0 Å². The van der Waals surface area contributed by atoms with Crippen molar-refractivity contribution in [3.63, 3.8) is 0 Å². The zero-order chi connectivity index (χ0) is 17.6. The fourth-order valence-electron chi connectivity index (χ4n) is 3.11. The summed E-state index contributed by atoms with van der Waals surface area (Å²) in [5, 5.41) is 5.89. The summed E-state index contributed by atoms with van der Waals surface area (Å²) in [5.74, 6) is 0.426. The average molecular weight is 342 g/mol. The molecule has 2 aromatic carbocycles. The molecule has 1 fully saturated rings. The number of ether oxygens (including phenoxy) is 1. The second kappa shape index (κ2) is 8.01. The summed E-state index contributed by atoms with van der Waals surface area (Å²) in [7, 11) is 0. The Kier molecular flexibility index (Phi) is 5.53. The Morgan fingerprint density at radius 3 is 2.48 bits per heavy atom. The fraction of sp³-hybridized carbons (Fsp3) is 0.350. The standard InChI is InChI=1S/C20H23FN2O2/c1-14-3-2-4-17(13-14)23-20(24)22-16-7-11-19(12-8-16)25-18-9-5-15(21)6-10-18/h2-6,9-10,13,16,19H,7-8,11-12H2,1H3,(H2,22,23,24). The number of nitrogens with one attached hydrogen (secondary N) is 2. The van der Waals surface area contributed by atoms with Crippen LogP contribution in [0.2, 0.25) is 0 Å². The molecule has 2 amide bonds. The van der Waals surface area contributed by atoms with Crippen molar-refractivity contribution >= 4 is 11.7 Å². The highest BCUT2D eigenvalue weighted by Gasteiger charge is 2.23. The van der Waals surface area contributed by atoms with Crippen LogP contribution in [0.1, 0.15) is 31.2 Å². The predicted molar refractivity (Wildman–Crippen MR) is 96.4 cm³/mol. The van der Waals surface area contributed by atoms with Crippen LogP contribution in [0, 0.1) is 12.7 Å². The number of urea groups is 1. The molecular formula is C20H23FN2O2. The summed E-state index contributed by atoms with van der Waals surface area (Å²) in [4.78, 5) is 12.1. The molecule has 1 aliphatic carbocycles. The van der Waals surface area contributed by atoms with Crippen LogP contribution < -0.4 is 15.4 Å². The van der Waals surface area contributed by atoms with E-state index in [4.69, 9.17) is 4.74 Å². The number of anilines is 1. The lowest BCUT2D eigenvalue weighted by Crippen LogP contribution is -2.41. The topological polar surface area (TPSA) is 50.4 Å². The van der Waals surface area contributed by atoms with E-state index in [0.717, 1.165) is 36.9 Å². The molecule has 3 rings (SSSR count). The van der Waals surface area contributed by atoms with Crippen molar-refractivity contribution in [2.45, 2.75) is 44.8 Å². The first-order valence-electron chi connectivity index (χ1n) is 8.65. The predicted octanol–water partition coefficient (Wildman–Crippen LogP) is 4.65. The molecular weight excluding hydrogens is 319 g/mol. The van der Waals surface area contributed by atoms with Gasteiger partial charge in [-0.25, -0.2) is 9.18 Å². The third-order valence-electron chi connectivity index (χ3n) is 4.40. The highest BCUT2D eigenvalue weighted by atomic mass is 19.1. The van der Waals surface area contributed by atoms with Gasteiger partial charge in [0.25, 0.3) is 0 Å². The third kappa shape index (κ3) is 5.21. The Balaban J connectivity index is 1.42. The fourth-order valence-corrected chi connectivity index (χ4v) is 3.11. The van der Waals surface area contributed by atoms with E-state index in [0.29, 0.717) is 5.75 Å². The van der Waals surface area contributed by atoms with Gasteiger partial charge in [0.1, 0.15) is 11.6 Å². The van der Waals surface area contributed by atoms with Gasteiger partial charge in [0, 0.05) is 11.7 Å². The number of rotatable bonds is 4. The van der Waals surface area contributed by atoms with Gasteiger partial charge in [0.05, 0.1) is 6.10 Å². The first-order valence-corrected chi connectivity index (χ1v) is 8.65. The minimum atomic E-state index is -0.264. The van der Waals surface area contributed by atoms with Crippen LogP contribution in [0.5, 0.6) is 5.75 Å². The van der Waals surface area contributed by atoms with Crippen molar-refractivity contribution in [1.29, 1.82) is 0 Å². The molecule has 0 saturated heterocycles. The summed E-state index contributed by atoms with van der Waals surface area (Å²) >= 11 is 0. The van der Waals surface area contributed by atoms with Crippen LogP contribution in [-0.4, -0.2) is 18.2 Å². The third-order valence-corrected chi connectivity index (χ3v) is 4.40. The monoisotopic (exact) mass is 342 g/mol. The molecule has 0 unspecified atom stereocenters. The summed E-state index contributed by atoms with van der Waals surface area (Å²) in [6.45, 7) is 1.99. The Bertz CT molecular complexity index is 710. The van der Waals surface area contributed by atoms with Crippen LogP contribution in [0.15, 0.2) is 48.5 Å². The Hall–Kier alpha value is -2.56. The molecule has 1 saturated carbocycles. The van der Waals surface area contributed by atoms with Gasteiger partial charge < -0.3 is 15.4 Å². The van der Waals surface area contributed by atoms with Crippen molar-refractivity contribution < 1.29 is 13.9 Å². The summed E-state index contributed by atoms with van der Waals surface area (Å²) in [6.07, 6.45) is 3.59. The molecule has 2 aromatic rings. The largest absolute Gasteiger partial charge is 0.490 e. The minimum Gasteiger partial charge on any atom is -0.490 e. The molecule has 0 aromatic heterocycles. The molecule has 0 atom stereocenters. The molecule has 2 N–H and O–H groups in total. The Morgan fingerprint density at radius 1 is 1.08 bits per heavy atom. The first kappa shape index (κ1) is 17.3. The van der Waals surface area contributed by atoms with Gasteiger partial charge in [-0.1, -0.05) is 12.1 Å². The zero-order valence-corrected chi connectivity index (χ0v) is 14.3. The van der Waals surface area contributed by atoms with Crippen LogP contribution in [-0.2, 0) is 0 Å². The van der Waals surface area contributed by atoms with E-state index in [2.05, 4.69) is 10.6 Å². The SMILES string of the molecule is Cc1cccc(NC(=O)NC2CCC(Oc3ccc(F)cc3)CC2)c1. The molecule has 4 nitrogen and oxygen atoms in total. The summed E-state index contributed by atoms with van der Waals surface area (Å²) < 4.78 is 18.8. The Morgan fingerprint density at radius 2 is 1.80 bits per heavy atom. The van der Waals surface area contributed by atoms with E-state index in [1.807, 2.05) is 31.2 Å². The highest BCUT2D eigenvalue weighted by Crippen LogP contribution is 2.24. The number of carbonyl (C=O) groups is 1. The number of carbonyl (C=O) groups excluding carboxylic acids is 1. The van der Waals surface area contributed by atoms with E-state index in [-0.39, 0.29) is 24.0 Å². The van der Waals surface area contributed by atoms with Gasteiger partial charge in [-0.05, 0) is 74.6 Å². The normalized spacial score (nSPS) is 19.9. The number of benzene rings is 2. The zero-order valence-electron chi connectivity index (χ0n) is 14.3. The van der Waals surface area contributed by atoms with Crippen molar-refractivity contribution in [2.24, 2.45) is 0 Å². The van der Waals surface area contributed by atoms with E-state index in [9.17, 15) is 9.18 Å². The molecule has 0 heterocycles. The maximum absolute atomic E-state index is 12.9. The summed E-state index contributed by atoms with van der Waals surface area (Å²) in [6, 6.07) is 13.8. The van der Waals surface area contributed by atoms with Gasteiger partial charge in [-0.15, -0.1) is 0 Å². The van der Waals surface area contributed by atoms with Crippen LogP contribution in [0.3, 0.4) is 0 Å². The maximum atomic E-state index is 12.9. The van der Waals surface area contributed by atoms with Crippen molar-refractivity contribution in [3.8, 4) is 5.75 Å². The van der Waals surface area contributed by atoms with Gasteiger partial charge in [0.15, 0.2) is 0 Å². The maximum Gasteiger partial charge on any atom is 0.319 e. The molecule has 132 valence electrons. The van der Waals surface area contributed by atoms with Gasteiger partial charge in [0.2, 0.25) is 0 Å². The quantitative estimate of drug-likeness (QED) is 0.850. The first-order chi connectivity index (χ1) is 12.1.